The van der Waals surface area contributed by atoms with Crippen LogP contribution in [0.4, 0.5) is 5.69 Å². The van der Waals surface area contributed by atoms with Gasteiger partial charge in [-0.1, -0.05) is 48.0 Å². The van der Waals surface area contributed by atoms with Crippen LogP contribution >= 0.6 is 0 Å². The van der Waals surface area contributed by atoms with E-state index in [-0.39, 0.29) is 30.1 Å². The number of amides is 1. The molecule has 3 aromatic carbocycles. The van der Waals surface area contributed by atoms with Gasteiger partial charge in [-0.05, 0) is 69.2 Å². The summed E-state index contributed by atoms with van der Waals surface area (Å²) in [5.74, 6) is 0.251. The number of ether oxygens (including phenoxy) is 2. The Morgan fingerprint density at radius 1 is 0.944 bits per heavy atom. The number of aryl methyl sites for hydroxylation is 1. The third-order valence-corrected chi connectivity index (χ3v) is 7.16. The summed E-state index contributed by atoms with van der Waals surface area (Å²) in [6, 6.07) is 23.0. The Hall–Kier alpha value is -3.36. The molecule has 0 saturated heterocycles. The van der Waals surface area contributed by atoms with E-state index in [1.54, 1.807) is 48.5 Å². The van der Waals surface area contributed by atoms with Crippen molar-refractivity contribution >= 4 is 21.6 Å². The predicted molar refractivity (Wildman–Crippen MR) is 142 cm³/mol. The molecule has 0 saturated carbocycles. The van der Waals surface area contributed by atoms with E-state index >= 15 is 0 Å². The number of nitrogens with one attached hydrogen (secondary N) is 1. The van der Waals surface area contributed by atoms with Crippen molar-refractivity contribution in [1.82, 2.24) is 5.32 Å². The van der Waals surface area contributed by atoms with Gasteiger partial charge in [-0.15, -0.1) is 0 Å². The molecule has 0 aliphatic heterocycles. The normalized spacial score (nSPS) is 11.3. The van der Waals surface area contributed by atoms with Gasteiger partial charge in [0, 0.05) is 13.2 Å². The minimum Gasteiger partial charge on any atom is -0.484 e. The zero-order valence-electron chi connectivity index (χ0n) is 21.0. The molecule has 0 aromatic heterocycles. The Morgan fingerprint density at radius 2 is 1.61 bits per heavy atom. The van der Waals surface area contributed by atoms with E-state index in [9.17, 15) is 13.2 Å². The zero-order chi connectivity index (χ0) is 26.0. The van der Waals surface area contributed by atoms with Crippen molar-refractivity contribution in [2.45, 2.75) is 44.7 Å². The van der Waals surface area contributed by atoms with Gasteiger partial charge in [0.2, 0.25) is 0 Å². The second-order valence-electron chi connectivity index (χ2n) is 8.72. The van der Waals surface area contributed by atoms with Gasteiger partial charge < -0.3 is 14.8 Å². The maximum Gasteiger partial charge on any atom is 0.264 e. The molecule has 36 heavy (non-hydrogen) atoms. The van der Waals surface area contributed by atoms with Gasteiger partial charge in [0.25, 0.3) is 15.9 Å². The largest absolute Gasteiger partial charge is 0.484 e. The Bertz CT molecular complexity index is 1190. The van der Waals surface area contributed by atoms with Crippen LogP contribution in [-0.4, -0.2) is 40.2 Å². The summed E-state index contributed by atoms with van der Waals surface area (Å²) in [4.78, 5) is 12.3. The second kappa shape index (κ2) is 13.1. The van der Waals surface area contributed by atoms with Crippen LogP contribution in [0.1, 0.15) is 31.4 Å². The summed E-state index contributed by atoms with van der Waals surface area (Å²) in [6.07, 6.45) is 0.896. The van der Waals surface area contributed by atoms with Crippen LogP contribution in [0.2, 0.25) is 0 Å². The maximum absolute atomic E-state index is 13.6. The summed E-state index contributed by atoms with van der Waals surface area (Å²) in [6.45, 7) is 7.01. The summed E-state index contributed by atoms with van der Waals surface area (Å²) in [5.41, 5.74) is 2.35. The standard InChI is InChI=1S/C28H34N2O5S/c1-22(2)34-19-7-18-29-28(31)21-35-26-14-12-25(13-15-26)30(20-24-8-5-4-6-9-24)36(32,33)27-16-10-23(3)11-17-27/h4-6,8-17,22H,7,18-21H2,1-3H3,(H,29,31). The van der Waals surface area contributed by atoms with E-state index in [1.165, 1.54) is 4.31 Å². The maximum atomic E-state index is 13.6. The lowest BCUT2D eigenvalue weighted by Crippen LogP contribution is -2.31. The fourth-order valence-corrected chi connectivity index (χ4v) is 4.88. The molecule has 1 amide bonds. The van der Waals surface area contributed by atoms with Crippen LogP contribution in [0.25, 0.3) is 0 Å². The van der Waals surface area contributed by atoms with E-state index in [2.05, 4.69) is 5.32 Å². The summed E-state index contributed by atoms with van der Waals surface area (Å²) < 4.78 is 39.5. The third-order valence-electron chi connectivity index (χ3n) is 5.37. The molecule has 0 fully saturated rings. The van der Waals surface area contributed by atoms with Gasteiger partial charge >= 0.3 is 0 Å². The molecular formula is C28H34N2O5S. The number of nitrogens with zero attached hydrogens (tertiary/aromatic N) is 1. The second-order valence-corrected chi connectivity index (χ2v) is 10.6. The van der Waals surface area contributed by atoms with Crippen molar-refractivity contribution < 1.29 is 22.7 Å². The molecule has 0 heterocycles. The molecule has 0 bridgehead atoms. The van der Waals surface area contributed by atoms with Crippen molar-refractivity contribution in [2.24, 2.45) is 0 Å². The molecule has 3 rings (SSSR count). The number of carbonyl (C=O) groups is 1. The van der Waals surface area contributed by atoms with Gasteiger partial charge in [0.15, 0.2) is 6.61 Å². The smallest absolute Gasteiger partial charge is 0.264 e. The molecule has 1 N–H and O–H groups in total. The highest BCUT2D eigenvalue weighted by molar-refractivity contribution is 7.92. The van der Waals surface area contributed by atoms with Crippen molar-refractivity contribution in [2.75, 3.05) is 24.1 Å². The number of sulfonamides is 1. The van der Waals surface area contributed by atoms with Crippen LogP contribution in [0.15, 0.2) is 83.8 Å². The SMILES string of the molecule is Cc1ccc(S(=O)(=O)N(Cc2ccccc2)c2ccc(OCC(=O)NCCCOC(C)C)cc2)cc1. The van der Waals surface area contributed by atoms with Gasteiger partial charge in [-0.3, -0.25) is 9.10 Å². The van der Waals surface area contributed by atoms with Crippen LogP contribution in [-0.2, 0) is 26.1 Å². The van der Waals surface area contributed by atoms with Crippen LogP contribution in [0, 0.1) is 6.92 Å². The summed E-state index contributed by atoms with van der Waals surface area (Å²) >= 11 is 0. The fraction of sp³-hybridized carbons (Fsp3) is 0.321. The first kappa shape index (κ1) is 27.2. The molecular weight excluding hydrogens is 476 g/mol. The van der Waals surface area contributed by atoms with Crippen molar-refractivity contribution in [3.63, 3.8) is 0 Å². The van der Waals surface area contributed by atoms with Crippen LogP contribution in [0.3, 0.4) is 0 Å². The number of hydrogen-bond donors (Lipinski definition) is 1. The lowest BCUT2D eigenvalue weighted by Gasteiger charge is -2.25. The lowest BCUT2D eigenvalue weighted by atomic mass is 10.2. The molecule has 3 aromatic rings. The molecule has 7 nitrogen and oxygen atoms in total. The van der Waals surface area contributed by atoms with E-state index in [1.807, 2.05) is 51.1 Å². The monoisotopic (exact) mass is 510 g/mol. The molecule has 0 spiro atoms. The Morgan fingerprint density at radius 3 is 2.25 bits per heavy atom. The fourth-order valence-electron chi connectivity index (χ4n) is 3.43. The van der Waals surface area contributed by atoms with Gasteiger partial charge in [-0.2, -0.15) is 0 Å². The third kappa shape index (κ3) is 8.10. The first-order valence-corrected chi connectivity index (χ1v) is 13.4. The van der Waals surface area contributed by atoms with E-state index in [4.69, 9.17) is 9.47 Å². The van der Waals surface area contributed by atoms with Gasteiger partial charge in [0.1, 0.15) is 5.75 Å². The Kier molecular flexibility index (Phi) is 9.90. The van der Waals surface area contributed by atoms with Crippen LogP contribution < -0.4 is 14.4 Å². The van der Waals surface area contributed by atoms with Gasteiger partial charge in [0.05, 0.1) is 23.2 Å². The molecule has 0 aliphatic rings. The van der Waals surface area contributed by atoms with Crippen molar-refractivity contribution in [1.29, 1.82) is 0 Å². The van der Waals surface area contributed by atoms with Gasteiger partial charge in [-0.25, -0.2) is 8.42 Å². The highest BCUT2D eigenvalue weighted by Gasteiger charge is 2.25. The number of rotatable bonds is 13. The Balaban J connectivity index is 1.68. The average molecular weight is 511 g/mol. The first-order chi connectivity index (χ1) is 17.3. The highest BCUT2D eigenvalue weighted by Crippen LogP contribution is 2.28. The van der Waals surface area contributed by atoms with E-state index in [0.717, 1.165) is 17.5 Å². The quantitative estimate of drug-likeness (QED) is 0.337. The van der Waals surface area contributed by atoms with Crippen molar-refractivity contribution in [3.05, 3.63) is 90.0 Å². The summed E-state index contributed by atoms with van der Waals surface area (Å²) in [7, 11) is -3.81. The minimum absolute atomic E-state index is 0.125. The lowest BCUT2D eigenvalue weighted by molar-refractivity contribution is -0.123. The number of benzene rings is 3. The molecule has 8 heteroatoms. The van der Waals surface area contributed by atoms with Crippen molar-refractivity contribution in [3.8, 4) is 5.75 Å². The average Bonchev–Trinajstić information content (AvgIpc) is 2.87. The minimum atomic E-state index is -3.81. The zero-order valence-corrected chi connectivity index (χ0v) is 21.8. The first-order valence-electron chi connectivity index (χ1n) is 12.0. The Labute approximate surface area is 214 Å². The summed E-state index contributed by atoms with van der Waals surface area (Å²) in [5, 5.41) is 2.79. The number of anilines is 1. The molecule has 192 valence electrons. The number of hydrogen-bond acceptors (Lipinski definition) is 5. The van der Waals surface area contributed by atoms with E-state index < -0.39 is 10.0 Å². The highest BCUT2D eigenvalue weighted by atomic mass is 32.2. The molecule has 0 aliphatic carbocycles. The number of carbonyl (C=O) groups excluding carboxylic acids is 1. The molecule has 0 unspecified atom stereocenters. The molecule has 0 atom stereocenters. The topological polar surface area (TPSA) is 84.9 Å². The van der Waals surface area contributed by atoms with E-state index in [0.29, 0.717) is 24.6 Å². The predicted octanol–water partition coefficient (Wildman–Crippen LogP) is 4.70. The molecule has 0 radical (unpaired) electrons. The van der Waals surface area contributed by atoms with Crippen LogP contribution in [0.5, 0.6) is 5.75 Å².